The summed E-state index contributed by atoms with van der Waals surface area (Å²) in [6, 6.07) is 10.3. The summed E-state index contributed by atoms with van der Waals surface area (Å²) in [4.78, 5) is 23.4. The van der Waals surface area contributed by atoms with E-state index in [1.165, 1.54) is 37.4 Å². The van der Waals surface area contributed by atoms with Gasteiger partial charge in [0.2, 0.25) is 0 Å². The summed E-state index contributed by atoms with van der Waals surface area (Å²) >= 11 is 0. The van der Waals surface area contributed by atoms with Crippen LogP contribution in [0, 0.1) is 0 Å². The van der Waals surface area contributed by atoms with Crippen molar-refractivity contribution in [1.82, 2.24) is 5.32 Å². The summed E-state index contributed by atoms with van der Waals surface area (Å²) in [5, 5.41) is 2.38. The number of alkyl halides is 2. The molecule has 0 saturated heterocycles. The molecule has 0 atom stereocenters. The van der Waals surface area contributed by atoms with Gasteiger partial charge < -0.3 is 10.1 Å². The van der Waals surface area contributed by atoms with E-state index >= 15 is 0 Å². The third kappa shape index (κ3) is 2.36. The Labute approximate surface area is 131 Å². The summed E-state index contributed by atoms with van der Waals surface area (Å²) < 4.78 is 33.5. The fourth-order valence-electron chi connectivity index (χ4n) is 2.73. The van der Waals surface area contributed by atoms with Gasteiger partial charge in [-0.15, -0.1) is 0 Å². The molecular weight excluding hydrogens is 304 g/mol. The standard InChI is InChI=1S/C17H13F2NO3/c1-23-14(21)9-20-16(22)11-6-4-8-13-15(11)10-5-2-3-7-12(10)17(13,18)19/h2-8H,9H2,1H3,(H,20,22). The molecule has 0 saturated carbocycles. The number of benzene rings is 2. The molecular formula is C17H13F2NO3. The number of ether oxygens (including phenoxy) is 1. The van der Waals surface area contributed by atoms with Crippen LogP contribution in [0.3, 0.4) is 0 Å². The van der Waals surface area contributed by atoms with Gasteiger partial charge in [0.05, 0.1) is 7.11 Å². The van der Waals surface area contributed by atoms with Crippen molar-refractivity contribution >= 4 is 11.9 Å². The number of methoxy groups -OCH3 is 1. The van der Waals surface area contributed by atoms with Gasteiger partial charge in [0.25, 0.3) is 11.8 Å². The highest BCUT2D eigenvalue weighted by Gasteiger charge is 2.45. The first-order valence-corrected chi connectivity index (χ1v) is 6.93. The molecule has 0 fully saturated rings. The largest absolute Gasteiger partial charge is 0.468 e. The maximum Gasteiger partial charge on any atom is 0.325 e. The lowest BCUT2D eigenvalue weighted by Crippen LogP contribution is -2.30. The SMILES string of the molecule is COC(=O)CNC(=O)c1cccc2c1-c1ccccc1C2(F)F. The second kappa shape index (κ2) is 5.46. The molecule has 2 aromatic rings. The molecule has 23 heavy (non-hydrogen) atoms. The van der Waals surface area contributed by atoms with Crippen molar-refractivity contribution in [2.24, 2.45) is 0 Å². The van der Waals surface area contributed by atoms with Crippen LogP contribution in [0.2, 0.25) is 0 Å². The molecule has 2 aromatic carbocycles. The molecule has 1 N–H and O–H groups in total. The molecule has 0 aromatic heterocycles. The first-order valence-electron chi connectivity index (χ1n) is 6.93. The third-order valence-corrected chi connectivity index (χ3v) is 3.80. The number of esters is 1. The van der Waals surface area contributed by atoms with E-state index in [4.69, 9.17) is 0 Å². The van der Waals surface area contributed by atoms with E-state index in [0.717, 1.165) is 0 Å². The quantitative estimate of drug-likeness (QED) is 0.886. The van der Waals surface area contributed by atoms with E-state index in [0.29, 0.717) is 5.56 Å². The molecule has 1 aliphatic rings. The Balaban J connectivity index is 2.06. The maximum absolute atomic E-state index is 14.5. The minimum Gasteiger partial charge on any atom is -0.468 e. The van der Waals surface area contributed by atoms with Gasteiger partial charge in [-0.1, -0.05) is 36.4 Å². The number of amides is 1. The van der Waals surface area contributed by atoms with Crippen molar-refractivity contribution in [3.05, 3.63) is 59.2 Å². The molecule has 6 heteroatoms. The number of rotatable bonds is 3. The van der Waals surface area contributed by atoms with Crippen LogP contribution in [0.4, 0.5) is 8.78 Å². The first-order chi connectivity index (χ1) is 11.0. The minimum absolute atomic E-state index is 0.107. The Kier molecular flexibility index (Phi) is 3.60. The van der Waals surface area contributed by atoms with Gasteiger partial charge in [0.15, 0.2) is 0 Å². The van der Waals surface area contributed by atoms with Gasteiger partial charge in [-0.3, -0.25) is 9.59 Å². The average Bonchev–Trinajstić information content (AvgIpc) is 2.81. The summed E-state index contributed by atoms with van der Waals surface area (Å²) in [5.41, 5.74) is 0.315. The zero-order valence-corrected chi connectivity index (χ0v) is 12.2. The van der Waals surface area contributed by atoms with Crippen molar-refractivity contribution < 1.29 is 23.1 Å². The van der Waals surface area contributed by atoms with Gasteiger partial charge in [0, 0.05) is 22.3 Å². The van der Waals surface area contributed by atoms with Gasteiger partial charge in [0.1, 0.15) is 6.54 Å². The summed E-state index contributed by atoms with van der Waals surface area (Å²) in [6.45, 7) is -0.322. The molecule has 1 aliphatic carbocycles. The number of carbonyl (C=O) groups is 2. The molecule has 0 bridgehead atoms. The van der Waals surface area contributed by atoms with Crippen molar-refractivity contribution in [1.29, 1.82) is 0 Å². The normalized spacial score (nSPS) is 13.9. The average molecular weight is 317 g/mol. The predicted octanol–water partition coefficient (Wildman–Crippen LogP) is 2.71. The second-order valence-corrected chi connectivity index (χ2v) is 5.11. The Bertz CT molecular complexity index is 802. The van der Waals surface area contributed by atoms with Gasteiger partial charge in [-0.2, -0.15) is 8.78 Å². The van der Waals surface area contributed by atoms with Crippen LogP contribution in [0.25, 0.3) is 11.1 Å². The van der Waals surface area contributed by atoms with E-state index in [-0.39, 0.29) is 28.8 Å². The Morgan fingerprint density at radius 3 is 2.52 bits per heavy atom. The van der Waals surface area contributed by atoms with E-state index in [9.17, 15) is 18.4 Å². The van der Waals surface area contributed by atoms with Gasteiger partial charge in [-0.05, 0) is 11.6 Å². The molecule has 1 amide bonds. The zero-order valence-electron chi connectivity index (χ0n) is 12.2. The summed E-state index contributed by atoms with van der Waals surface area (Å²) in [6.07, 6.45) is 0. The Hall–Kier alpha value is -2.76. The van der Waals surface area contributed by atoms with Crippen LogP contribution in [0.5, 0.6) is 0 Å². The van der Waals surface area contributed by atoms with Gasteiger partial charge in [-0.25, -0.2) is 0 Å². The van der Waals surface area contributed by atoms with E-state index in [1.807, 2.05) is 0 Å². The van der Waals surface area contributed by atoms with Crippen LogP contribution in [-0.4, -0.2) is 25.5 Å². The number of hydrogen-bond donors (Lipinski definition) is 1. The lowest BCUT2D eigenvalue weighted by molar-refractivity contribution is -0.139. The van der Waals surface area contributed by atoms with Crippen LogP contribution < -0.4 is 5.32 Å². The molecule has 3 rings (SSSR count). The molecule has 0 unspecified atom stereocenters. The van der Waals surface area contributed by atoms with Crippen LogP contribution in [0.15, 0.2) is 42.5 Å². The Morgan fingerprint density at radius 2 is 1.78 bits per heavy atom. The fourth-order valence-corrected chi connectivity index (χ4v) is 2.73. The first kappa shape index (κ1) is 15.1. The predicted molar refractivity (Wildman–Crippen MR) is 79.2 cm³/mol. The second-order valence-electron chi connectivity index (χ2n) is 5.11. The van der Waals surface area contributed by atoms with Crippen molar-refractivity contribution in [2.45, 2.75) is 5.92 Å². The number of hydrogen-bond acceptors (Lipinski definition) is 3. The van der Waals surface area contributed by atoms with E-state index < -0.39 is 17.8 Å². The topological polar surface area (TPSA) is 55.4 Å². The Morgan fingerprint density at radius 1 is 1.09 bits per heavy atom. The van der Waals surface area contributed by atoms with Gasteiger partial charge >= 0.3 is 5.97 Å². The van der Waals surface area contributed by atoms with Crippen LogP contribution in [0.1, 0.15) is 21.5 Å². The number of halogens is 2. The van der Waals surface area contributed by atoms with E-state index in [1.54, 1.807) is 12.1 Å². The minimum atomic E-state index is -3.15. The van der Waals surface area contributed by atoms with Crippen molar-refractivity contribution in [2.75, 3.05) is 13.7 Å². The molecule has 0 radical (unpaired) electrons. The summed E-state index contributed by atoms with van der Waals surface area (Å²) in [7, 11) is 1.20. The third-order valence-electron chi connectivity index (χ3n) is 3.80. The summed E-state index contributed by atoms with van der Waals surface area (Å²) in [5.74, 6) is -4.36. The number of nitrogens with one attached hydrogen (secondary N) is 1. The molecule has 4 nitrogen and oxygen atoms in total. The highest BCUT2D eigenvalue weighted by Crippen LogP contribution is 2.51. The molecule has 118 valence electrons. The zero-order chi connectivity index (χ0) is 16.6. The smallest absolute Gasteiger partial charge is 0.325 e. The molecule has 0 aliphatic heterocycles. The van der Waals surface area contributed by atoms with Crippen molar-refractivity contribution in [3.8, 4) is 11.1 Å². The molecule has 0 heterocycles. The van der Waals surface area contributed by atoms with Crippen molar-refractivity contribution in [3.63, 3.8) is 0 Å². The maximum atomic E-state index is 14.5. The fraction of sp³-hybridized carbons (Fsp3) is 0.176. The van der Waals surface area contributed by atoms with E-state index in [2.05, 4.69) is 10.1 Å². The molecule has 0 spiro atoms. The lowest BCUT2D eigenvalue weighted by atomic mass is 9.99. The highest BCUT2D eigenvalue weighted by atomic mass is 19.3. The number of fused-ring (bicyclic) bond motifs is 3. The van der Waals surface area contributed by atoms with Crippen LogP contribution >= 0.6 is 0 Å². The monoisotopic (exact) mass is 317 g/mol. The number of carbonyl (C=O) groups excluding carboxylic acids is 2. The van der Waals surface area contributed by atoms with Crippen LogP contribution in [-0.2, 0) is 15.5 Å². The lowest BCUT2D eigenvalue weighted by Gasteiger charge is -2.12. The highest BCUT2D eigenvalue weighted by molar-refractivity contribution is 6.04.